The highest BCUT2D eigenvalue weighted by Gasteiger charge is 2.20. The lowest BCUT2D eigenvalue weighted by molar-refractivity contribution is -0.124. The molecule has 0 aliphatic carbocycles. The van der Waals surface area contributed by atoms with E-state index in [-0.39, 0.29) is 19.0 Å². The van der Waals surface area contributed by atoms with Gasteiger partial charge in [0.05, 0.1) is 0 Å². The predicted molar refractivity (Wildman–Crippen MR) is 86.3 cm³/mol. The number of nitrogens with one attached hydrogen (secondary N) is 1. The number of rotatable bonds is 6. The number of esters is 1. The molecule has 0 radical (unpaired) electrons. The second kappa shape index (κ2) is 7.77. The normalized spacial score (nSPS) is 10.5. The number of ether oxygens (including phenoxy) is 1. The molecule has 1 aromatic carbocycles. The topological polar surface area (TPSA) is 68.5 Å². The third-order valence-corrected chi connectivity index (χ3v) is 3.77. The summed E-state index contributed by atoms with van der Waals surface area (Å²) in [7, 11) is 0. The maximum absolute atomic E-state index is 13.4. The highest BCUT2D eigenvalue weighted by atomic mass is 19.1. The van der Waals surface area contributed by atoms with Crippen LogP contribution in [0.5, 0.6) is 0 Å². The number of hydrogen-bond acceptors (Lipinski definition) is 4. The molecule has 2 aromatic rings. The van der Waals surface area contributed by atoms with Gasteiger partial charge in [-0.15, -0.1) is 0 Å². The van der Waals surface area contributed by atoms with Crippen LogP contribution in [0.15, 0.2) is 28.7 Å². The Morgan fingerprint density at radius 2 is 1.88 bits per heavy atom. The predicted octanol–water partition coefficient (Wildman–Crippen LogP) is 2.86. The van der Waals surface area contributed by atoms with Crippen LogP contribution in [0.3, 0.4) is 0 Å². The third kappa shape index (κ3) is 4.22. The zero-order valence-corrected chi connectivity index (χ0v) is 13.9. The first-order valence-corrected chi connectivity index (χ1v) is 7.64. The fourth-order valence-corrected chi connectivity index (χ4v) is 2.39. The molecule has 0 fully saturated rings. The molecule has 1 amide bonds. The lowest BCUT2D eigenvalue weighted by Crippen LogP contribution is -2.30. The Hall–Kier alpha value is -2.63. The maximum Gasteiger partial charge on any atom is 0.342 e. The van der Waals surface area contributed by atoms with E-state index in [1.165, 1.54) is 6.07 Å². The number of aryl methyl sites for hydroxylation is 2. The maximum atomic E-state index is 13.4. The summed E-state index contributed by atoms with van der Waals surface area (Å²) in [4.78, 5) is 23.8. The van der Waals surface area contributed by atoms with Gasteiger partial charge in [-0.25, -0.2) is 9.18 Å². The molecule has 1 N–H and O–H groups in total. The van der Waals surface area contributed by atoms with Crippen LogP contribution >= 0.6 is 0 Å². The highest BCUT2D eigenvalue weighted by molar-refractivity contribution is 5.93. The van der Waals surface area contributed by atoms with Crippen molar-refractivity contribution >= 4 is 11.9 Å². The summed E-state index contributed by atoms with van der Waals surface area (Å²) in [5, 5.41) is 2.59. The molecule has 0 aliphatic rings. The van der Waals surface area contributed by atoms with Crippen molar-refractivity contribution in [2.45, 2.75) is 27.2 Å². The molecular weight excluding hydrogens is 313 g/mol. The largest absolute Gasteiger partial charge is 0.465 e. The molecule has 0 bridgehead atoms. The first kappa shape index (κ1) is 17.7. The van der Waals surface area contributed by atoms with Gasteiger partial charge in [-0.05, 0) is 38.8 Å². The molecular formula is C18H20FNO4. The average Bonchev–Trinajstić information content (AvgIpc) is 2.79. The van der Waals surface area contributed by atoms with Crippen molar-refractivity contribution in [1.82, 2.24) is 5.32 Å². The van der Waals surface area contributed by atoms with E-state index in [9.17, 15) is 14.0 Å². The van der Waals surface area contributed by atoms with Crippen LogP contribution in [-0.2, 0) is 16.0 Å². The number of halogens is 1. The number of carbonyl (C=O) groups excluding carboxylic acids is 2. The molecule has 0 aliphatic heterocycles. The van der Waals surface area contributed by atoms with Crippen LogP contribution in [0.25, 0.3) is 0 Å². The Morgan fingerprint density at radius 1 is 1.17 bits per heavy atom. The minimum atomic E-state index is -0.592. The van der Waals surface area contributed by atoms with Gasteiger partial charge in [0.15, 0.2) is 6.61 Å². The van der Waals surface area contributed by atoms with Crippen LogP contribution in [0.2, 0.25) is 0 Å². The second-order valence-electron chi connectivity index (χ2n) is 5.48. The molecule has 1 heterocycles. The smallest absolute Gasteiger partial charge is 0.342 e. The van der Waals surface area contributed by atoms with Crippen LogP contribution in [-0.4, -0.2) is 25.0 Å². The Morgan fingerprint density at radius 3 is 2.50 bits per heavy atom. The summed E-state index contributed by atoms with van der Waals surface area (Å²) in [6.07, 6.45) is 0.367. The van der Waals surface area contributed by atoms with Gasteiger partial charge in [0.25, 0.3) is 5.91 Å². The minimum Gasteiger partial charge on any atom is -0.465 e. The Kier molecular flexibility index (Phi) is 5.73. The first-order valence-electron chi connectivity index (χ1n) is 7.64. The van der Waals surface area contributed by atoms with Gasteiger partial charge in [-0.2, -0.15) is 0 Å². The quantitative estimate of drug-likeness (QED) is 0.826. The molecule has 6 heteroatoms. The van der Waals surface area contributed by atoms with Gasteiger partial charge in [-0.1, -0.05) is 18.2 Å². The fraction of sp³-hybridized carbons (Fsp3) is 0.333. The Bertz CT molecular complexity index is 751. The molecule has 2 rings (SSSR count). The summed E-state index contributed by atoms with van der Waals surface area (Å²) < 4.78 is 23.8. The molecule has 128 valence electrons. The number of hydrogen-bond donors (Lipinski definition) is 1. The van der Waals surface area contributed by atoms with Crippen LogP contribution in [0.1, 0.15) is 33.0 Å². The van der Waals surface area contributed by atoms with Crippen molar-refractivity contribution in [3.63, 3.8) is 0 Å². The SMILES string of the molecule is Cc1oc(C)c(C(=O)OCC(=O)NCCc2ccccc2F)c1C. The monoisotopic (exact) mass is 333 g/mol. The molecule has 0 atom stereocenters. The van der Waals surface area contributed by atoms with E-state index in [0.29, 0.717) is 34.6 Å². The van der Waals surface area contributed by atoms with E-state index < -0.39 is 11.9 Å². The zero-order valence-electron chi connectivity index (χ0n) is 13.9. The van der Waals surface area contributed by atoms with Crippen molar-refractivity contribution in [1.29, 1.82) is 0 Å². The van der Waals surface area contributed by atoms with Gasteiger partial charge >= 0.3 is 5.97 Å². The summed E-state index contributed by atoms with van der Waals surface area (Å²) >= 11 is 0. The van der Waals surface area contributed by atoms with E-state index in [2.05, 4.69) is 5.32 Å². The summed E-state index contributed by atoms with van der Waals surface area (Å²) in [6.45, 7) is 5.07. The van der Waals surface area contributed by atoms with Crippen molar-refractivity contribution in [2.75, 3.05) is 13.2 Å². The summed E-state index contributed by atoms with van der Waals surface area (Å²) in [5.74, 6) is -0.218. The van der Waals surface area contributed by atoms with Crippen LogP contribution in [0.4, 0.5) is 4.39 Å². The van der Waals surface area contributed by atoms with Gasteiger partial charge in [0, 0.05) is 12.1 Å². The molecule has 0 spiro atoms. The van der Waals surface area contributed by atoms with Crippen molar-refractivity contribution in [3.05, 3.63) is 58.3 Å². The highest BCUT2D eigenvalue weighted by Crippen LogP contribution is 2.21. The Labute approximate surface area is 139 Å². The third-order valence-electron chi connectivity index (χ3n) is 3.77. The number of benzene rings is 1. The average molecular weight is 333 g/mol. The van der Waals surface area contributed by atoms with Gasteiger partial charge < -0.3 is 14.5 Å². The zero-order chi connectivity index (χ0) is 17.7. The van der Waals surface area contributed by atoms with E-state index in [1.807, 2.05) is 0 Å². The number of carbonyl (C=O) groups is 2. The number of amides is 1. The molecule has 0 unspecified atom stereocenters. The molecule has 0 saturated carbocycles. The van der Waals surface area contributed by atoms with E-state index in [0.717, 1.165) is 0 Å². The molecule has 5 nitrogen and oxygen atoms in total. The first-order chi connectivity index (χ1) is 11.4. The van der Waals surface area contributed by atoms with Gasteiger partial charge in [0.2, 0.25) is 0 Å². The van der Waals surface area contributed by atoms with Gasteiger partial charge in [-0.3, -0.25) is 4.79 Å². The standard InChI is InChI=1S/C18H20FNO4/c1-11-12(2)24-13(3)17(11)18(22)23-10-16(21)20-9-8-14-6-4-5-7-15(14)19/h4-7H,8-10H2,1-3H3,(H,20,21). The second-order valence-corrected chi connectivity index (χ2v) is 5.48. The van der Waals surface area contributed by atoms with E-state index in [4.69, 9.17) is 9.15 Å². The van der Waals surface area contributed by atoms with Crippen LogP contribution < -0.4 is 5.32 Å². The molecule has 24 heavy (non-hydrogen) atoms. The summed E-state index contributed by atoms with van der Waals surface area (Å²) in [6, 6.07) is 6.38. The molecule has 1 aromatic heterocycles. The van der Waals surface area contributed by atoms with Gasteiger partial charge in [0.1, 0.15) is 22.9 Å². The van der Waals surface area contributed by atoms with E-state index >= 15 is 0 Å². The fourth-order valence-electron chi connectivity index (χ4n) is 2.39. The lowest BCUT2D eigenvalue weighted by Gasteiger charge is -2.07. The van der Waals surface area contributed by atoms with Crippen molar-refractivity contribution < 1.29 is 23.1 Å². The molecule has 0 saturated heterocycles. The van der Waals surface area contributed by atoms with Crippen molar-refractivity contribution in [2.24, 2.45) is 0 Å². The van der Waals surface area contributed by atoms with Crippen molar-refractivity contribution in [3.8, 4) is 0 Å². The Balaban J connectivity index is 1.79. The minimum absolute atomic E-state index is 0.264. The lowest BCUT2D eigenvalue weighted by atomic mass is 10.1. The number of furan rings is 1. The summed E-state index contributed by atoms with van der Waals surface area (Å²) in [5.41, 5.74) is 1.58. The van der Waals surface area contributed by atoms with E-state index in [1.54, 1.807) is 39.0 Å². The van der Waals surface area contributed by atoms with Crippen LogP contribution in [0, 0.1) is 26.6 Å².